The van der Waals surface area contributed by atoms with Gasteiger partial charge in [-0.05, 0) is 57.6 Å². The maximum absolute atomic E-state index is 10.2. The molecule has 0 amide bonds. The van der Waals surface area contributed by atoms with Crippen LogP contribution < -0.4 is 9.88 Å². The summed E-state index contributed by atoms with van der Waals surface area (Å²) < 4.78 is 8.04. The summed E-state index contributed by atoms with van der Waals surface area (Å²) in [6.45, 7) is 13.7. The molecule has 4 nitrogen and oxygen atoms in total. The lowest BCUT2D eigenvalue weighted by atomic mass is 9.74. The molecule has 0 spiro atoms. The van der Waals surface area contributed by atoms with Crippen LogP contribution in [0.25, 0.3) is 27.6 Å². The number of hydrogen-bond acceptors (Lipinski definition) is 3. The molecule has 4 rings (SSSR count). The van der Waals surface area contributed by atoms with Crippen LogP contribution in [-0.2, 0) is 10.2 Å². The molecule has 34 heavy (non-hydrogen) atoms. The molecule has 0 fully saturated rings. The summed E-state index contributed by atoms with van der Waals surface area (Å²) >= 11 is 0. The fourth-order valence-electron chi connectivity index (χ4n) is 5.43. The first-order chi connectivity index (χ1) is 16.2. The highest BCUT2D eigenvalue weighted by Gasteiger charge is 2.43. The summed E-state index contributed by atoms with van der Waals surface area (Å²) in [4.78, 5) is 0. The Morgan fingerprint density at radius 3 is 2.50 bits per heavy atom. The van der Waals surface area contributed by atoms with Crippen molar-refractivity contribution in [3.05, 3.63) is 83.7 Å². The van der Waals surface area contributed by atoms with E-state index in [1.54, 1.807) is 7.11 Å². The van der Waals surface area contributed by atoms with Crippen LogP contribution in [0.2, 0.25) is 0 Å². The summed E-state index contributed by atoms with van der Waals surface area (Å²) in [6.07, 6.45) is 4.16. The molecule has 1 aliphatic rings. The van der Waals surface area contributed by atoms with E-state index in [4.69, 9.17) is 4.74 Å². The molecule has 0 radical (unpaired) electrons. The van der Waals surface area contributed by atoms with Crippen molar-refractivity contribution in [3.63, 3.8) is 0 Å². The number of aliphatic hydroxyl groups is 1. The number of methoxy groups -OCH3 is 1. The monoisotopic (exact) mass is 457 g/mol. The number of aliphatic hydroxyl groups excluding tert-OH is 1. The molecule has 0 saturated heterocycles. The molecule has 0 bridgehead atoms. The number of ether oxygens (including phenoxy) is 1. The third kappa shape index (κ3) is 4.06. The second kappa shape index (κ2) is 9.36. The van der Waals surface area contributed by atoms with Crippen molar-refractivity contribution in [2.24, 2.45) is 0 Å². The van der Waals surface area contributed by atoms with Crippen molar-refractivity contribution < 1.29 is 14.4 Å². The van der Waals surface area contributed by atoms with Gasteiger partial charge in [-0.15, -0.1) is 0 Å². The molecular formula is C30H37N2O2+. The lowest BCUT2D eigenvalue weighted by Gasteiger charge is -2.34. The summed E-state index contributed by atoms with van der Waals surface area (Å²) in [5.41, 5.74) is 8.08. The third-order valence-corrected chi connectivity index (χ3v) is 6.99. The first-order valence-corrected chi connectivity index (χ1v) is 12.0. The fraction of sp³-hybridized carbons (Fsp3) is 0.367. The summed E-state index contributed by atoms with van der Waals surface area (Å²) in [5.74, 6) is 0.0378. The zero-order chi connectivity index (χ0) is 24.6. The van der Waals surface area contributed by atoms with Crippen LogP contribution in [0.15, 0.2) is 67.0 Å². The van der Waals surface area contributed by atoms with E-state index in [0.717, 1.165) is 16.8 Å². The average Bonchev–Trinajstić information content (AvgIpc) is 2.82. The molecule has 2 heterocycles. The molecule has 2 aromatic carbocycles. The SMILES string of the molecule is C=C(CO)C1C(COC)c2c(cc(C(C)(C)C)c3ccccc23)-c2cc(/C(C)=C/NC)cc[n+]21. The van der Waals surface area contributed by atoms with E-state index in [-0.39, 0.29) is 24.0 Å². The van der Waals surface area contributed by atoms with Crippen molar-refractivity contribution in [1.29, 1.82) is 0 Å². The summed E-state index contributed by atoms with van der Waals surface area (Å²) in [7, 11) is 3.67. The lowest BCUT2D eigenvalue weighted by Crippen LogP contribution is -2.49. The van der Waals surface area contributed by atoms with Crippen LogP contribution >= 0.6 is 0 Å². The van der Waals surface area contributed by atoms with E-state index in [1.165, 1.54) is 33.0 Å². The number of hydrogen-bond donors (Lipinski definition) is 2. The Morgan fingerprint density at radius 1 is 1.18 bits per heavy atom. The van der Waals surface area contributed by atoms with Gasteiger partial charge in [-0.1, -0.05) is 51.6 Å². The number of allylic oxidation sites excluding steroid dienone is 1. The molecule has 2 unspecified atom stereocenters. The minimum atomic E-state index is -0.0982. The maximum Gasteiger partial charge on any atom is 0.213 e. The lowest BCUT2D eigenvalue weighted by molar-refractivity contribution is -0.709. The molecule has 1 aliphatic heterocycles. The van der Waals surface area contributed by atoms with Crippen LogP contribution in [-0.4, -0.2) is 32.5 Å². The highest BCUT2D eigenvalue weighted by Crippen LogP contribution is 2.47. The Hall–Kier alpha value is -2.95. The van der Waals surface area contributed by atoms with Crippen molar-refractivity contribution in [2.75, 3.05) is 27.4 Å². The van der Waals surface area contributed by atoms with Crippen LogP contribution in [0.3, 0.4) is 0 Å². The smallest absolute Gasteiger partial charge is 0.213 e. The third-order valence-electron chi connectivity index (χ3n) is 6.99. The molecule has 2 atom stereocenters. The van der Waals surface area contributed by atoms with E-state index in [9.17, 15) is 5.11 Å². The standard InChI is InChI=1S/C30H36N2O2/c1-19(16-31-6)21-12-13-32-27(14-21)24-15-26(30(3,4)5)22-10-8-9-11-23(22)28(24)25(18-34-7)29(32)20(2)17-33/h8-16,25,29,33H,2,17-18H2,1,3-7H3/p+1. The van der Waals surface area contributed by atoms with Crippen LogP contribution in [0, 0.1) is 0 Å². The Bertz CT molecular complexity index is 1270. The molecule has 0 saturated carbocycles. The maximum atomic E-state index is 10.2. The van der Waals surface area contributed by atoms with Gasteiger partial charge in [-0.3, -0.25) is 0 Å². The topological polar surface area (TPSA) is 45.4 Å². The average molecular weight is 458 g/mol. The van der Waals surface area contributed by atoms with Gasteiger partial charge in [0.2, 0.25) is 5.69 Å². The molecule has 1 aromatic heterocycles. The molecule has 2 N–H and O–H groups in total. The Kier molecular flexibility index (Phi) is 6.66. The Labute approximate surface area is 203 Å². The number of nitrogens with zero attached hydrogens (tertiary/aromatic N) is 1. The van der Waals surface area contributed by atoms with Gasteiger partial charge in [0.15, 0.2) is 12.2 Å². The first kappa shape index (κ1) is 24.2. The Morgan fingerprint density at radius 2 is 1.88 bits per heavy atom. The van der Waals surface area contributed by atoms with Crippen LogP contribution in [0.1, 0.15) is 56.3 Å². The van der Waals surface area contributed by atoms with E-state index >= 15 is 0 Å². The largest absolute Gasteiger partial charge is 0.394 e. The van der Waals surface area contributed by atoms with Gasteiger partial charge in [0.05, 0.1) is 24.7 Å². The predicted octanol–water partition coefficient (Wildman–Crippen LogP) is 5.51. The van der Waals surface area contributed by atoms with E-state index in [2.05, 4.69) is 92.8 Å². The van der Waals surface area contributed by atoms with E-state index < -0.39 is 0 Å². The molecular weight excluding hydrogens is 420 g/mol. The van der Waals surface area contributed by atoms with Crippen molar-refractivity contribution in [1.82, 2.24) is 5.32 Å². The summed E-state index contributed by atoms with van der Waals surface area (Å²) in [6, 6.07) is 15.4. The van der Waals surface area contributed by atoms with Gasteiger partial charge in [0.25, 0.3) is 0 Å². The zero-order valence-electron chi connectivity index (χ0n) is 21.3. The van der Waals surface area contributed by atoms with E-state index in [1.807, 2.05) is 13.2 Å². The Balaban J connectivity index is 2.15. The second-order valence-corrected chi connectivity index (χ2v) is 10.3. The minimum Gasteiger partial charge on any atom is -0.394 e. The number of fused-ring (bicyclic) bond motifs is 5. The minimum absolute atomic E-state index is 0.0126. The number of benzene rings is 2. The van der Waals surface area contributed by atoms with Crippen molar-refractivity contribution in [2.45, 2.75) is 45.1 Å². The molecule has 178 valence electrons. The summed E-state index contributed by atoms with van der Waals surface area (Å²) in [5, 5.41) is 15.8. The van der Waals surface area contributed by atoms with Gasteiger partial charge < -0.3 is 15.2 Å². The molecule has 0 aliphatic carbocycles. The van der Waals surface area contributed by atoms with Gasteiger partial charge in [0.1, 0.15) is 0 Å². The quantitative estimate of drug-likeness (QED) is 0.379. The zero-order valence-corrected chi connectivity index (χ0v) is 21.3. The highest BCUT2D eigenvalue weighted by atomic mass is 16.5. The van der Waals surface area contributed by atoms with Gasteiger partial charge in [0, 0.05) is 31.9 Å². The number of aromatic nitrogens is 1. The number of nitrogens with one attached hydrogen (secondary N) is 1. The fourth-order valence-corrected chi connectivity index (χ4v) is 5.43. The highest BCUT2D eigenvalue weighted by molar-refractivity contribution is 5.95. The van der Waals surface area contributed by atoms with Gasteiger partial charge in [-0.25, -0.2) is 0 Å². The molecule has 3 aromatic rings. The van der Waals surface area contributed by atoms with Gasteiger partial charge in [-0.2, -0.15) is 4.57 Å². The van der Waals surface area contributed by atoms with Crippen molar-refractivity contribution >= 4 is 16.3 Å². The number of rotatable bonds is 6. The number of pyridine rings is 1. The van der Waals surface area contributed by atoms with Crippen LogP contribution in [0.5, 0.6) is 0 Å². The normalized spacial score (nSPS) is 17.9. The first-order valence-electron chi connectivity index (χ1n) is 12.0. The van der Waals surface area contributed by atoms with Crippen LogP contribution in [0.4, 0.5) is 0 Å². The van der Waals surface area contributed by atoms with Gasteiger partial charge >= 0.3 is 0 Å². The molecule has 4 heteroatoms. The van der Waals surface area contributed by atoms with Crippen molar-refractivity contribution in [3.8, 4) is 11.3 Å². The van der Waals surface area contributed by atoms with E-state index in [0.29, 0.717) is 6.61 Å². The second-order valence-electron chi connectivity index (χ2n) is 10.3. The predicted molar refractivity (Wildman–Crippen MR) is 141 cm³/mol.